The second-order valence-corrected chi connectivity index (χ2v) is 7.91. The van der Waals surface area contributed by atoms with Gasteiger partial charge < -0.3 is 0 Å². The van der Waals surface area contributed by atoms with Crippen molar-refractivity contribution in [3.05, 3.63) is 80.2 Å². The molecule has 0 radical (unpaired) electrons. The Morgan fingerprint density at radius 2 is 1.93 bits per heavy atom. The van der Waals surface area contributed by atoms with Crippen LogP contribution in [0.2, 0.25) is 5.15 Å². The number of fused-ring (bicyclic) bond motifs is 1. The number of halogens is 2. The fourth-order valence-electron chi connectivity index (χ4n) is 2.68. The van der Waals surface area contributed by atoms with Gasteiger partial charge in [0.1, 0.15) is 16.2 Å². The molecule has 0 saturated heterocycles. The van der Waals surface area contributed by atoms with E-state index in [0.29, 0.717) is 21.3 Å². The maximum atomic E-state index is 9.65. The molecule has 2 heterocycles. The Hall–Kier alpha value is -2.52. The molecule has 27 heavy (non-hydrogen) atoms. The highest BCUT2D eigenvalue weighted by atomic mass is 79.9. The van der Waals surface area contributed by atoms with Crippen molar-refractivity contribution in [3.8, 4) is 17.3 Å². The summed E-state index contributed by atoms with van der Waals surface area (Å²) in [7, 11) is 0. The van der Waals surface area contributed by atoms with Gasteiger partial charge in [0, 0.05) is 26.4 Å². The van der Waals surface area contributed by atoms with Gasteiger partial charge in [0.15, 0.2) is 0 Å². The molecular formula is C21H11BrClN3S. The molecule has 0 spiro atoms. The molecule has 4 rings (SSSR count). The van der Waals surface area contributed by atoms with Crippen LogP contribution >= 0.6 is 38.9 Å². The van der Waals surface area contributed by atoms with E-state index < -0.39 is 0 Å². The summed E-state index contributed by atoms with van der Waals surface area (Å²) < 4.78 is 0.960. The molecule has 0 fully saturated rings. The minimum atomic E-state index is 0.359. The van der Waals surface area contributed by atoms with Crippen LogP contribution < -0.4 is 0 Å². The van der Waals surface area contributed by atoms with E-state index in [1.807, 2.05) is 60.0 Å². The lowest BCUT2D eigenvalue weighted by atomic mass is 10.1. The molecule has 0 unspecified atom stereocenters. The van der Waals surface area contributed by atoms with Crippen molar-refractivity contribution in [1.29, 1.82) is 5.26 Å². The van der Waals surface area contributed by atoms with E-state index in [2.05, 4.69) is 32.0 Å². The largest absolute Gasteiger partial charge is 0.235 e. The quantitative estimate of drug-likeness (QED) is 0.252. The van der Waals surface area contributed by atoms with Crippen LogP contribution in [0.25, 0.3) is 33.8 Å². The molecule has 0 N–H and O–H groups in total. The van der Waals surface area contributed by atoms with Crippen molar-refractivity contribution in [1.82, 2.24) is 9.97 Å². The predicted molar refractivity (Wildman–Crippen MR) is 115 cm³/mol. The summed E-state index contributed by atoms with van der Waals surface area (Å²) in [5.41, 5.74) is 3.82. The Bertz CT molecular complexity index is 1210. The molecule has 4 aromatic rings. The van der Waals surface area contributed by atoms with Crippen LogP contribution in [0.5, 0.6) is 0 Å². The van der Waals surface area contributed by atoms with E-state index >= 15 is 0 Å². The number of benzene rings is 2. The van der Waals surface area contributed by atoms with Gasteiger partial charge in [-0.3, -0.25) is 0 Å². The lowest BCUT2D eigenvalue weighted by molar-refractivity contribution is 1.36. The Morgan fingerprint density at radius 1 is 1.11 bits per heavy atom. The fourth-order valence-corrected chi connectivity index (χ4v) is 4.05. The first kappa shape index (κ1) is 17.9. The minimum absolute atomic E-state index is 0.359. The highest BCUT2D eigenvalue weighted by Crippen LogP contribution is 2.30. The van der Waals surface area contributed by atoms with Gasteiger partial charge in [-0.15, -0.1) is 11.3 Å². The molecule has 6 heteroatoms. The molecule has 0 bridgehead atoms. The molecule has 0 aliphatic carbocycles. The van der Waals surface area contributed by atoms with Crippen molar-refractivity contribution in [2.45, 2.75) is 0 Å². The van der Waals surface area contributed by atoms with Crippen LogP contribution in [-0.2, 0) is 0 Å². The number of hydrogen-bond donors (Lipinski definition) is 0. The number of aromatic nitrogens is 2. The summed E-state index contributed by atoms with van der Waals surface area (Å²) >= 11 is 11.2. The van der Waals surface area contributed by atoms with Gasteiger partial charge in [0.2, 0.25) is 0 Å². The van der Waals surface area contributed by atoms with Crippen LogP contribution in [0.3, 0.4) is 0 Å². The minimum Gasteiger partial charge on any atom is -0.235 e. The van der Waals surface area contributed by atoms with Crippen LogP contribution in [0.4, 0.5) is 0 Å². The van der Waals surface area contributed by atoms with Gasteiger partial charge in [-0.25, -0.2) is 9.97 Å². The number of hydrogen-bond acceptors (Lipinski definition) is 4. The van der Waals surface area contributed by atoms with Crippen molar-refractivity contribution >= 4 is 61.4 Å². The first-order chi connectivity index (χ1) is 13.1. The zero-order valence-electron chi connectivity index (χ0n) is 13.9. The van der Waals surface area contributed by atoms with E-state index in [9.17, 15) is 5.26 Å². The number of nitriles is 1. The third-order valence-electron chi connectivity index (χ3n) is 3.98. The molecule has 0 saturated carbocycles. The highest BCUT2D eigenvalue weighted by molar-refractivity contribution is 9.10. The van der Waals surface area contributed by atoms with Crippen molar-refractivity contribution in [2.24, 2.45) is 0 Å². The molecule has 0 atom stereocenters. The summed E-state index contributed by atoms with van der Waals surface area (Å²) in [5.74, 6) is 0. The van der Waals surface area contributed by atoms with Crippen LogP contribution in [0, 0.1) is 11.3 Å². The Kier molecular flexibility index (Phi) is 5.04. The zero-order chi connectivity index (χ0) is 18.8. The van der Waals surface area contributed by atoms with Crippen LogP contribution in [-0.4, -0.2) is 9.97 Å². The van der Waals surface area contributed by atoms with E-state index in [4.69, 9.17) is 11.6 Å². The van der Waals surface area contributed by atoms with Crippen LogP contribution in [0.15, 0.2) is 64.5 Å². The first-order valence-corrected chi connectivity index (χ1v) is 10.1. The van der Waals surface area contributed by atoms with Gasteiger partial charge in [0.25, 0.3) is 0 Å². The maximum Gasteiger partial charge on any atom is 0.137 e. The predicted octanol–water partition coefficient (Wildman–Crippen LogP) is 6.84. The van der Waals surface area contributed by atoms with E-state index in [1.54, 1.807) is 6.08 Å². The normalized spacial score (nSPS) is 11.5. The van der Waals surface area contributed by atoms with Gasteiger partial charge in [0.05, 0.1) is 16.8 Å². The standard InChI is InChI=1S/C21H11BrClN3S/c22-17-6-7-18-14(10-17)8-15(20(23)25-18)9-16(11-24)21-26-19(12-27-21)13-4-2-1-3-5-13/h1-10,12H/b16-9+. The van der Waals surface area contributed by atoms with Crippen molar-refractivity contribution < 1.29 is 0 Å². The third kappa shape index (κ3) is 3.79. The second-order valence-electron chi connectivity index (χ2n) is 5.78. The highest BCUT2D eigenvalue weighted by Gasteiger charge is 2.11. The van der Waals surface area contributed by atoms with Gasteiger partial charge in [-0.1, -0.05) is 57.9 Å². The molecule has 130 valence electrons. The number of nitrogens with zero attached hydrogens (tertiary/aromatic N) is 3. The van der Waals surface area contributed by atoms with Gasteiger partial charge in [-0.05, 0) is 30.3 Å². The zero-order valence-corrected chi connectivity index (χ0v) is 17.0. The lowest BCUT2D eigenvalue weighted by Crippen LogP contribution is -1.87. The van der Waals surface area contributed by atoms with E-state index in [0.717, 1.165) is 26.6 Å². The van der Waals surface area contributed by atoms with Crippen molar-refractivity contribution in [2.75, 3.05) is 0 Å². The van der Waals surface area contributed by atoms with E-state index in [1.165, 1.54) is 11.3 Å². The summed E-state index contributed by atoms with van der Waals surface area (Å²) in [6.07, 6.45) is 1.74. The number of rotatable bonds is 3. The van der Waals surface area contributed by atoms with Gasteiger partial charge >= 0.3 is 0 Å². The average molecular weight is 453 g/mol. The summed E-state index contributed by atoms with van der Waals surface area (Å²) in [5, 5.41) is 13.6. The second kappa shape index (κ2) is 7.61. The number of thiazole rings is 1. The molecule has 2 aromatic heterocycles. The maximum absolute atomic E-state index is 9.65. The number of allylic oxidation sites excluding steroid dienone is 1. The van der Waals surface area contributed by atoms with E-state index in [-0.39, 0.29) is 0 Å². The Balaban J connectivity index is 1.76. The third-order valence-corrected chi connectivity index (χ3v) is 5.65. The molecule has 0 aliphatic heterocycles. The summed E-state index contributed by atoms with van der Waals surface area (Å²) in [6, 6.07) is 19.8. The Labute approximate surface area is 173 Å². The molecule has 0 aliphatic rings. The summed E-state index contributed by atoms with van der Waals surface area (Å²) in [6.45, 7) is 0. The molecule has 0 amide bonds. The van der Waals surface area contributed by atoms with Crippen molar-refractivity contribution in [3.63, 3.8) is 0 Å². The van der Waals surface area contributed by atoms with Gasteiger partial charge in [-0.2, -0.15) is 5.26 Å². The van der Waals surface area contributed by atoms with Crippen LogP contribution in [0.1, 0.15) is 10.6 Å². The summed E-state index contributed by atoms with van der Waals surface area (Å²) in [4.78, 5) is 9.03. The SMILES string of the molecule is N#C/C(=C\c1cc2cc(Br)ccc2nc1Cl)c1nc(-c2ccccc2)cs1. The molecule has 2 aromatic carbocycles. The molecular weight excluding hydrogens is 442 g/mol. The average Bonchev–Trinajstić information content (AvgIpc) is 3.17. The fraction of sp³-hybridized carbons (Fsp3) is 0. The first-order valence-electron chi connectivity index (χ1n) is 8.03. The topological polar surface area (TPSA) is 49.6 Å². The Morgan fingerprint density at radius 3 is 2.70 bits per heavy atom. The smallest absolute Gasteiger partial charge is 0.137 e. The molecule has 3 nitrogen and oxygen atoms in total. The number of pyridine rings is 1. The lowest BCUT2D eigenvalue weighted by Gasteiger charge is -2.03. The monoisotopic (exact) mass is 451 g/mol.